The van der Waals surface area contributed by atoms with Crippen LogP contribution in [0.25, 0.3) is 0 Å². The highest BCUT2D eigenvalue weighted by Gasteiger charge is 2.16. The molecule has 10 nitrogen and oxygen atoms in total. The maximum absolute atomic E-state index is 13.4. The van der Waals surface area contributed by atoms with Crippen molar-refractivity contribution in [2.45, 2.75) is 310 Å². The quantitative estimate of drug-likeness (QED) is 0.0448. The van der Waals surface area contributed by atoms with Gasteiger partial charge < -0.3 is 21.3 Å². The zero-order chi connectivity index (χ0) is 53.2. The van der Waals surface area contributed by atoms with E-state index in [2.05, 4.69) is 58.8 Å². The minimum Gasteiger partial charge on any atom is -0.356 e. The number of hydrogen-bond acceptors (Lipinski definition) is 7. The van der Waals surface area contributed by atoms with E-state index in [4.69, 9.17) is 0 Å². The maximum Gasteiger partial charge on any atom is 0.234 e. The van der Waals surface area contributed by atoms with Gasteiger partial charge in [-0.25, -0.2) is 0 Å². The fourth-order valence-electron chi connectivity index (χ4n) is 9.93. The van der Waals surface area contributed by atoms with Crippen molar-refractivity contribution in [1.29, 1.82) is 0 Å². The molecule has 4 N–H and O–H groups in total. The van der Waals surface area contributed by atoms with Gasteiger partial charge in [0.15, 0.2) is 0 Å². The summed E-state index contributed by atoms with van der Waals surface area (Å²) < 4.78 is 0. The lowest BCUT2D eigenvalue weighted by Crippen LogP contribution is -2.46. The van der Waals surface area contributed by atoms with Crippen LogP contribution in [0.2, 0.25) is 0 Å². The van der Waals surface area contributed by atoms with Gasteiger partial charge in [0.25, 0.3) is 0 Å². The van der Waals surface area contributed by atoms with Crippen molar-refractivity contribution in [2.75, 3.05) is 72.0 Å². The zero-order valence-electron chi connectivity index (χ0n) is 49.4. The van der Waals surface area contributed by atoms with Crippen LogP contribution in [0.5, 0.6) is 0 Å². The van der Waals surface area contributed by atoms with Crippen LogP contribution in [0.1, 0.15) is 310 Å². The predicted molar refractivity (Wildman–Crippen MR) is 316 cm³/mol. The number of unbranched alkanes of at least 4 members (excludes halogenated alkanes) is 37. The molecule has 0 rings (SSSR count). The first-order chi connectivity index (χ1) is 35.9. The molecule has 0 aromatic carbocycles. The van der Waals surface area contributed by atoms with E-state index in [1.807, 2.05) is 0 Å². The van der Waals surface area contributed by atoms with E-state index in [0.717, 1.165) is 70.9 Å². The Kier molecular flexibility index (Phi) is 57.6. The number of amides is 3. The van der Waals surface area contributed by atoms with Crippen molar-refractivity contribution in [2.24, 2.45) is 0 Å². The first-order valence-corrected chi connectivity index (χ1v) is 32.3. The molecule has 0 atom stereocenters. The van der Waals surface area contributed by atoms with E-state index < -0.39 is 0 Å². The van der Waals surface area contributed by atoms with Gasteiger partial charge in [-0.1, -0.05) is 259 Å². The molecule has 0 heterocycles. The van der Waals surface area contributed by atoms with E-state index in [-0.39, 0.29) is 23.5 Å². The van der Waals surface area contributed by atoms with Crippen molar-refractivity contribution < 1.29 is 19.2 Å². The lowest BCUT2D eigenvalue weighted by Gasteiger charge is -2.27. The second-order valence-corrected chi connectivity index (χ2v) is 22.3. The molecular formula is C63H126N6O4. The molecule has 0 aromatic rings. The highest BCUT2D eigenvalue weighted by molar-refractivity contribution is 5.80. The van der Waals surface area contributed by atoms with Crippen LogP contribution in [0.15, 0.2) is 0 Å². The van der Waals surface area contributed by atoms with E-state index in [9.17, 15) is 19.2 Å². The van der Waals surface area contributed by atoms with Gasteiger partial charge >= 0.3 is 0 Å². The van der Waals surface area contributed by atoms with Gasteiger partial charge in [-0.05, 0) is 45.1 Å². The monoisotopic (exact) mass is 1030 g/mol. The Morgan fingerprint density at radius 3 is 0.918 bits per heavy atom. The number of hydrogen-bond donors (Lipinski definition) is 4. The minimum atomic E-state index is 0.0394. The van der Waals surface area contributed by atoms with E-state index in [1.54, 1.807) is 0 Å². The van der Waals surface area contributed by atoms with Gasteiger partial charge in [-0.15, -0.1) is 0 Å². The average Bonchev–Trinajstić information content (AvgIpc) is 3.38. The first kappa shape index (κ1) is 71.0. The largest absolute Gasteiger partial charge is 0.356 e. The Bertz CT molecular complexity index is 1190. The summed E-state index contributed by atoms with van der Waals surface area (Å²) in [5.41, 5.74) is 0. The number of carbonyl (C=O) groups excluding carboxylic acids is 4. The fourth-order valence-corrected chi connectivity index (χ4v) is 9.93. The fraction of sp³-hybridized carbons (Fsp3) is 0.937. The van der Waals surface area contributed by atoms with Crippen LogP contribution in [-0.4, -0.2) is 105 Å². The summed E-state index contributed by atoms with van der Waals surface area (Å²) in [5, 5.41) is 12.9. The molecule has 0 aliphatic carbocycles. The first-order valence-electron chi connectivity index (χ1n) is 32.3. The van der Waals surface area contributed by atoms with Gasteiger partial charge in [0.2, 0.25) is 17.7 Å². The van der Waals surface area contributed by atoms with Crippen LogP contribution >= 0.6 is 0 Å². The molecular weight excluding hydrogens is 905 g/mol. The summed E-state index contributed by atoms with van der Waals surface area (Å²) >= 11 is 0. The Balaban J connectivity index is 5.18. The number of nitrogens with one attached hydrogen (secondary N) is 4. The summed E-state index contributed by atoms with van der Waals surface area (Å²) in [5.74, 6) is 0.481. The molecule has 0 saturated heterocycles. The second kappa shape index (κ2) is 59.2. The molecule has 73 heavy (non-hydrogen) atoms. The number of Topliss-reactive ketones (excluding diaryl/α,β-unsaturated/α-hetero) is 1. The topological polar surface area (TPSA) is 123 Å². The van der Waals surface area contributed by atoms with E-state index in [0.29, 0.717) is 71.7 Å². The lowest BCUT2D eigenvalue weighted by atomic mass is 10.0. The highest BCUT2D eigenvalue weighted by atomic mass is 16.2. The smallest absolute Gasteiger partial charge is 0.234 e. The van der Waals surface area contributed by atoms with Gasteiger partial charge in [-0.2, -0.15) is 0 Å². The molecule has 0 aliphatic rings. The molecule has 0 spiro atoms. The molecule has 0 fully saturated rings. The van der Waals surface area contributed by atoms with Crippen molar-refractivity contribution >= 4 is 23.5 Å². The zero-order valence-corrected chi connectivity index (χ0v) is 49.4. The highest BCUT2D eigenvalue weighted by Crippen LogP contribution is 2.14. The second-order valence-electron chi connectivity index (χ2n) is 22.3. The number of rotatable bonds is 61. The van der Waals surface area contributed by atoms with Crippen LogP contribution < -0.4 is 21.3 Å². The average molecular weight is 1030 g/mol. The molecule has 0 saturated carbocycles. The Hall–Kier alpha value is -2.04. The normalized spacial score (nSPS) is 11.5. The SMILES string of the molecule is CCCCCCCCCCCCCC(=O)CNCCN(CCN(CCCCC(=O)NCCCCCCCCCCCC)CC(=O)NCCCCCCCCCCC)CC(=O)NCCCCCCCCCCCC. The predicted octanol–water partition coefficient (Wildman–Crippen LogP) is 15.3. The Labute approximate surface area is 454 Å². The maximum atomic E-state index is 13.4. The van der Waals surface area contributed by atoms with Crippen LogP contribution in [-0.2, 0) is 19.2 Å². The van der Waals surface area contributed by atoms with E-state index in [1.165, 1.54) is 212 Å². The number of ketones is 1. The molecule has 0 aromatic heterocycles. The summed E-state index contributed by atoms with van der Waals surface area (Å²) in [6.45, 7) is 15.5. The third-order valence-electron chi connectivity index (χ3n) is 14.9. The third kappa shape index (κ3) is 56.0. The van der Waals surface area contributed by atoms with Gasteiger partial charge in [0.05, 0.1) is 19.6 Å². The minimum absolute atomic E-state index is 0.0394. The molecule has 0 aliphatic heterocycles. The number of carbonyl (C=O) groups is 4. The summed E-state index contributed by atoms with van der Waals surface area (Å²) in [6.07, 6.45) is 53.6. The molecule has 432 valence electrons. The molecule has 10 heteroatoms. The van der Waals surface area contributed by atoms with Gasteiger partial charge in [-0.3, -0.25) is 29.0 Å². The third-order valence-corrected chi connectivity index (χ3v) is 14.9. The number of nitrogens with zero attached hydrogens (tertiary/aromatic N) is 2. The molecule has 0 unspecified atom stereocenters. The molecule has 0 bridgehead atoms. The van der Waals surface area contributed by atoms with Gasteiger partial charge in [0, 0.05) is 58.7 Å². The van der Waals surface area contributed by atoms with Gasteiger partial charge in [0.1, 0.15) is 5.78 Å². The standard InChI is InChI=1S/C63H126N6O4/c1-5-9-13-17-21-25-28-29-33-37-41-47-60(70)57-64-52-54-69(59-63(73)67-51-45-40-36-32-27-23-19-15-11-7-3)56-55-68(58-62(72)66-50-44-39-34-30-24-20-16-12-8-4)53-46-42-48-61(71)65-49-43-38-35-31-26-22-18-14-10-6-2/h64H,5-59H2,1-4H3,(H,65,71)(H,66,72)(H,67,73). The van der Waals surface area contributed by atoms with Crippen LogP contribution in [0, 0.1) is 0 Å². The van der Waals surface area contributed by atoms with E-state index >= 15 is 0 Å². The van der Waals surface area contributed by atoms with Crippen molar-refractivity contribution in [3.63, 3.8) is 0 Å². The Morgan fingerprint density at radius 1 is 0.274 bits per heavy atom. The lowest BCUT2D eigenvalue weighted by molar-refractivity contribution is -0.123. The van der Waals surface area contributed by atoms with Crippen LogP contribution in [0.4, 0.5) is 0 Å². The summed E-state index contributed by atoms with van der Waals surface area (Å²) in [6, 6.07) is 0. The van der Waals surface area contributed by atoms with Crippen molar-refractivity contribution in [3.05, 3.63) is 0 Å². The Morgan fingerprint density at radius 2 is 0.562 bits per heavy atom. The van der Waals surface area contributed by atoms with Crippen molar-refractivity contribution in [1.82, 2.24) is 31.1 Å². The van der Waals surface area contributed by atoms with Crippen molar-refractivity contribution in [3.8, 4) is 0 Å². The summed E-state index contributed by atoms with van der Waals surface area (Å²) in [4.78, 5) is 56.7. The molecule has 3 amide bonds. The molecule has 0 radical (unpaired) electrons. The summed E-state index contributed by atoms with van der Waals surface area (Å²) in [7, 11) is 0. The van der Waals surface area contributed by atoms with Crippen LogP contribution in [0.3, 0.4) is 0 Å².